The zero-order chi connectivity index (χ0) is 15.7. The molecular formula is C13H25F3IN3OS. The molecule has 0 saturated heterocycles. The molecule has 2 N–H and O–H groups in total. The predicted molar refractivity (Wildman–Crippen MR) is 96.3 cm³/mol. The molecule has 0 aromatic rings. The SMILES string of the molecule is CN=C(NCCCOCC(F)(F)F)NC1CCC(SC)C1.I. The van der Waals surface area contributed by atoms with E-state index in [0.29, 0.717) is 30.2 Å². The van der Waals surface area contributed by atoms with Gasteiger partial charge in [0.2, 0.25) is 0 Å². The van der Waals surface area contributed by atoms with Gasteiger partial charge in [-0.15, -0.1) is 24.0 Å². The number of aliphatic imine (C=N–C) groups is 1. The van der Waals surface area contributed by atoms with Crippen LogP contribution in [0.5, 0.6) is 0 Å². The topological polar surface area (TPSA) is 45.7 Å². The lowest BCUT2D eigenvalue weighted by atomic mass is 10.2. The molecule has 0 aromatic carbocycles. The lowest BCUT2D eigenvalue weighted by Crippen LogP contribution is -2.43. The summed E-state index contributed by atoms with van der Waals surface area (Å²) in [6.07, 6.45) is 1.84. The van der Waals surface area contributed by atoms with Gasteiger partial charge in [0.15, 0.2) is 5.96 Å². The van der Waals surface area contributed by atoms with Crippen LogP contribution >= 0.6 is 35.7 Å². The Labute approximate surface area is 151 Å². The van der Waals surface area contributed by atoms with Crippen LogP contribution in [-0.4, -0.2) is 56.5 Å². The Morgan fingerprint density at radius 1 is 1.36 bits per heavy atom. The minimum atomic E-state index is -4.25. The van der Waals surface area contributed by atoms with Crippen LogP contribution in [0.4, 0.5) is 13.2 Å². The van der Waals surface area contributed by atoms with E-state index in [4.69, 9.17) is 0 Å². The van der Waals surface area contributed by atoms with Gasteiger partial charge >= 0.3 is 6.18 Å². The second-order valence-electron chi connectivity index (χ2n) is 5.03. The molecule has 22 heavy (non-hydrogen) atoms. The third-order valence-corrected chi connectivity index (χ3v) is 4.40. The standard InChI is InChI=1S/C13H24F3N3OS.HI/c1-17-12(19-10-4-5-11(8-10)21-2)18-6-3-7-20-9-13(14,15)16;/h10-11H,3-9H2,1-2H3,(H2,17,18,19);1H. The van der Waals surface area contributed by atoms with Crippen LogP contribution in [0.3, 0.4) is 0 Å². The molecule has 0 bridgehead atoms. The Bertz CT molecular complexity index is 332. The van der Waals surface area contributed by atoms with Gasteiger partial charge in [-0.05, 0) is 31.9 Å². The van der Waals surface area contributed by atoms with E-state index in [1.165, 1.54) is 6.42 Å². The molecule has 2 atom stereocenters. The van der Waals surface area contributed by atoms with E-state index in [-0.39, 0.29) is 30.6 Å². The van der Waals surface area contributed by atoms with Gasteiger partial charge in [-0.2, -0.15) is 24.9 Å². The average molecular weight is 455 g/mol. The highest BCUT2D eigenvalue weighted by atomic mass is 127. The first kappa shape index (κ1) is 22.1. The summed E-state index contributed by atoms with van der Waals surface area (Å²) in [5.74, 6) is 0.706. The molecule has 0 spiro atoms. The fourth-order valence-electron chi connectivity index (χ4n) is 2.24. The highest BCUT2D eigenvalue weighted by molar-refractivity contribution is 14.0. The number of ether oxygens (including phenoxy) is 1. The summed E-state index contributed by atoms with van der Waals surface area (Å²) in [7, 11) is 1.69. The van der Waals surface area contributed by atoms with E-state index >= 15 is 0 Å². The third kappa shape index (κ3) is 9.98. The monoisotopic (exact) mass is 455 g/mol. The van der Waals surface area contributed by atoms with E-state index in [2.05, 4.69) is 26.6 Å². The minimum absolute atomic E-state index is 0. The first-order valence-electron chi connectivity index (χ1n) is 7.09. The maximum atomic E-state index is 11.9. The van der Waals surface area contributed by atoms with E-state index in [1.807, 2.05) is 11.8 Å². The molecule has 0 radical (unpaired) electrons. The van der Waals surface area contributed by atoms with Crippen molar-refractivity contribution in [2.75, 3.05) is 33.1 Å². The number of thioether (sulfide) groups is 1. The summed E-state index contributed by atoms with van der Waals surface area (Å²) in [5.41, 5.74) is 0. The van der Waals surface area contributed by atoms with Crippen LogP contribution < -0.4 is 10.6 Å². The molecule has 132 valence electrons. The molecule has 0 aromatic heterocycles. The molecule has 1 fully saturated rings. The number of rotatable bonds is 7. The molecule has 0 amide bonds. The molecular weight excluding hydrogens is 430 g/mol. The molecule has 1 rings (SSSR count). The maximum Gasteiger partial charge on any atom is 0.411 e. The van der Waals surface area contributed by atoms with E-state index in [9.17, 15) is 13.2 Å². The molecule has 1 aliphatic carbocycles. The van der Waals surface area contributed by atoms with Gasteiger partial charge in [0, 0.05) is 31.5 Å². The Morgan fingerprint density at radius 2 is 2.09 bits per heavy atom. The van der Waals surface area contributed by atoms with Crippen LogP contribution in [0.2, 0.25) is 0 Å². The molecule has 0 aliphatic heterocycles. The zero-order valence-electron chi connectivity index (χ0n) is 12.9. The third-order valence-electron chi connectivity index (χ3n) is 3.31. The summed E-state index contributed by atoms with van der Waals surface area (Å²) in [6, 6.07) is 0.426. The quantitative estimate of drug-likeness (QED) is 0.268. The number of nitrogens with one attached hydrogen (secondary N) is 2. The predicted octanol–water partition coefficient (Wildman–Crippen LogP) is 3.02. The van der Waals surface area contributed by atoms with Crippen molar-refractivity contribution in [2.45, 2.75) is 43.2 Å². The number of nitrogens with zero attached hydrogens (tertiary/aromatic N) is 1. The number of hydrogen-bond acceptors (Lipinski definition) is 3. The summed E-state index contributed by atoms with van der Waals surface area (Å²) in [5, 5.41) is 7.15. The second-order valence-corrected chi connectivity index (χ2v) is 6.17. The summed E-state index contributed by atoms with van der Waals surface area (Å²) in [4.78, 5) is 4.13. The van der Waals surface area contributed by atoms with Crippen molar-refractivity contribution in [3.05, 3.63) is 0 Å². The van der Waals surface area contributed by atoms with Gasteiger partial charge in [-0.1, -0.05) is 0 Å². The van der Waals surface area contributed by atoms with Gasteiger partial charge in [-0.25, -0.2) is 0 Å². The Balaban J connectivity index is 0.00000441. The van der Waals surface area contributed by atoms with Crippen molar-refractivity contribution in [2.24, 2.45) is 4.99 Å². The van der Waals surface area contributed by atoms with Gasteiger partial charge in [-0.3, -0.25) is 4.99 Å². The van der Waals surface area contributed by atoms with Gasteiger partial charge in [0.1, 0.15) is 6.61 Å². The fraction of sp³-hybridized carbons (Fsp3) is 0.923. The van der Waals surface area contributed by atoms with Crippen molar-refractivity contribution in [3.8, 4) is 0 Å². The molecule has 0 heterocycles. The lowest BCUT2D eigenvalue weighted by molar-refractivity contribution is -0.173. The van der Waals surface area contributed by atoms with Crippen molar-refractivity contribution < 1.29 is 17.9 Å². The van der Waals surface area contributed by atoms with Crippen LogP contribution in [0.15, 0.2) is 4.99 Å². The van der Waals surface area contributed by atoms with Crippen LogP contribution in [0, 0.1) is 0 Å². The molecule has 9 heteroatoms. The van der Waals surface area contributed by atoms with Crippen LogP contribution in [-0.2, 0) is 4.74 Å². The molecule has 1 saturated carbocycles. The van der Waals surface area contributed by atoms with Gasteiger partial charge in [0.05, 0.1) is 0 Å². The van der Waals surface area contributed by atoms with Crippen molar-refractivity contribution in [1.82, 2.24) is 10.6 Å². The number of hydrogen-bond donors (Lipinski definition) is 2. The van der Waals surface area contributed by atoms with Crippen molar-refractivity contribution in [1.29, 1.82) is 0 Å². The first-order valence-corrected chi connectivity index (χ1v) is 8.38. The maximum absolute atomic E-state index is 11.9. The van der Waals surface area contributed by atoms with E-state index < -0.39 is 12.8 Å². The molecule has 1 aliphatic rings. The summed E-state index contributed by atoms with van der Waals surface area (Å²) in [6.45, 7) is -0.560. The normalized spacial score (nSPS) is 22.3. The number of alkyl halides is 3. The van der Waals surface area contributed by atoms with Crippen LogP contribution in [0.25, 0.3) is 0 Å². The Hall–Kier alpha value is 0.1000. The van der Waals surface area contributed by atoms with Gasteiger partial charge < -0.3 is 15.4 Å². The van der Waals surface area contributed by atoms with E-state index in [0.717, 1.165) is 12.8 Å². The lowest BCUT2D eigenvalue weighted by Gasteiger charge is -2.17. The summed E-state index contributed by atoms with van der Waals surface area (Å²) >= 11 is 1.89. The first-order chi connectivity index (χ1) is 9.94. The zero-order valence-corrected chi connectivity index (χ0v) is 16.1. The van der Waals surface area contributed by atoms with E-state index in [1.54, 1.807) is 7.05 Å². The smallest absolute Gasteiger partial charge is 0.372 e. The Kier molecular flexibility index (Phi) is 11.7. The fourth-order valence-corrected chi connectivity index (χ4v) is 3.04. The van der Waals surface area contributed by atoms with Crippen LogP contribution in [0.1, 0.15) is 25.7 Å². The van der Waals surface area contributed by atoms with Gasteiger partial charge in [0.25, 0.3) is 0 Å². The van der Waals surface area contributed by atoms with Crippen molar-refractivity contribution >= 4 is 41.7 Å². The molecule has 2 unspecified atom stereocenters. The molecule has 4 nitrogen and oxygen atoms in total. The average Bonchev–Trinajstić information content (AvgIpc) is 2.87. The highest BCUT2D eigenvalue weighted by Gasteiger charge is 2.27. The highest BCUT2D eigenvalue weighted by Crippen LogP contribution is 2.27. The number of halogens is 4. The minimum Gasteiger partial charge on any atom is -0.372 e. The Morgan fingerprint density at radius 3 is 2.64 bits per heavy atom. The van der Waals surface area contributed by atoms with Crippen molar-refractivity contribution in [3.63, 3.8) is 0 Å². The second kappa shape index (κ2) is 11.6. The summed E-state index contributed by atoms with van der Waals surface area (Å²) < 4.78 is 40.1. The number of guanidine groups is 1. The largest absolute Gasteiger partial charge is 0.411 e.